The molecular weight excluding hydrogens is 406 g/mol. The van der Waals surface area contributed by atoms with E-state index in [-0.39, 0.29) is 0 Å². The first-order valence-electron chi connectivity index (χ1n) is 11.6. The summed E-state index contributed by atoms with van der Waals surface area (Å²) in [6.45, 7) is 3.49. The Labute approximate surface area is 197 Å². The Hall–Kier alpha value is -3.56. The highest BCUT2D eigenvalue weighted by Crippen LogP contribution is 2.28. The number of benzene rings is 4. The average molecular weight is 439 g/mol. The van der Waals surface area contributed by atoms with E-state index in [0.29, 0.717) is 6.61 Å². The van der Waals surface area contributed by atoms with Gasteiger partial charge >= 0.3 is 0 Å². The van der Waals surface area contributed by atoms with Crippen LogP contribution in [0, 0.1) is 0 Å². The Morgan fingerprint density at radius 1 is 0.576 bits per heavy atom. The van der Waals surface area contributed by atoms with Crippen LogP contribution in [0.4, 0.5) is 0 Å². The van der Waals surface area contributed by atoms with Crippen LogP contribution in [0.5, 0.6) is 11.5 Å². The summed E-state index contributed by atoms with van der Waals surface area (Å²) in [5.74, 6) is 1.56. The lowest BCUT2D eigenvalue weighted by Gasteiger charge is -2.21. The summed E-state index contributed by atoms with van der Waals surface area (Å²) in [6, 6.07) is 38.0. The number of nitrogens with one attached hydrogen (secondary N) is 1. The Morgan fingerprint density at radius 3 is 1.79 bits per heavy atom. The molecule has 1 atom stereocenters. The van der Waals surface area contributed by atoms with E-state index in [1.54, 1.807) is 7.11 Å². The molecule has 0 aliphatic rings. The van der Waals surface area contributed by atoms with Crippen molar-refractivity contribution in [3.63, 3.8) is 0 Å². The molecular formula is C30H32NO2+. The summed E-state index contributed by atoms with van der Waals surface area (Å²) in [6.07, 6.45) is 1.05. The minimum atomic E-state index is 0.523. The van der Waals surface area contributed by atoms with Crippen LogP contribution in [0.25, 0.3) is 0 Å². The van der Waals surface area contributed by atoms with Gasteiger partial charge in [0.25, 0.3) is 0 Å². The fourth-order valence-corrected chi connectivity index (χ4v) is 4.06. The molecule has 1 N–H and O–H groups in total. The van der Waals surface area contributed by atoms with Gasteiger partial charge in [-0.15, -0.1) is 0 Å². The Morgan fingerprint density at radius 2 is 1.15 bits per heavy atom. The lowest BCUT2D eigenvalue weighted by Crippen LogP contribution is -3.09. The fourth-order valence-electron chi connectivity index (χ4n) is 4.06. The van der Waals surface area contributed by atoms with Gasteiger partial charge in [-0.05, 0) is 29.3 Å². The van der Waals surface area contributed by atoms with E-state index in [0.717, 1.165) is 43.1 Å². The molecule has 0 amide bonds. The van der Waals surface area contributed by atoms with E-state index >= 15 is 0 Å². The number of rotatable bonds is 11. The van der Waals surface area contributed by atoms with Crippen molar-refractivity contribution in [2.75, 3.05) is 13.7 Å². The van der Waals surface area contributed by atoms with E-state index < -0.39 is 0 Å². The zero-order valence-corrected chi connectivity index (χ0v) is 19.2. The SMILES string of the molecule is COc1ccc(C[NH+](CCc2ccccc2)Cc2ccccc2)cc1OCc1ccccc1. The molecule has 1 unspecified atom stereocenters. The molecule has 4 rings (SSSR count). The fraction of sp³-hybridized carbons (Fsp3) is 0.200. The summed E-state index contributed by atoms with van der Waals surface area (Å²) < 4.78 is 11.7. The molecule has 0 fully saturated rings. The third-order valence-electron chi connectivity index (χ3n) is 5.83. The van der Waals surface area contributed by atoms with Crippen molar-refractivity contribution < 1.29 is 14.4 Å². The van der Waals surface area contributed by atoms with Gasteiger partial charge in [0.05, 0.1) is 13.7 Å². The van der Waals surface area contributed by atoms with Crippen LogP contribution >= 0.6 is 0 Å². The van der Waals surface area contributed by atoms with Gasteiger partial charge in [0.15, 0.2) is 11.5 Å². The van der Waals surface area contributed by atoms with Crippen molar-refractivity contribution >= 4 is 0 Å². The highest BCUT2D eigenvalue weighted by atomic mass is 16.5. The number of hydrogen-bond donors (Lipinski definition) is 1. The summed E-state index contributed by atoms with van der Waals surface area (Å²) in [4.78, 5) is 1.52. The second kappa shape index (κ2) is 11.9. The topological polar surface area (TPSA) is 22.9 Å². The van der Waals surface area contributed by atoms with Crippen LogP contribution in [-0.2, 0) is 26.1 Å². The highest BCUT2D eigenvalue weighted by Gasteiger charge is 2.14. The zero-order chi connectivity index (χ0) is 22.7. The molecule has 0 aliphatic heterocycles. The second-order valence-corrected chi connectivity index (χ2v) is 8.33. The quantitative estimate of drug-likeness (QED) is 0.352. The Kier molecular flexibility index (Phi) is 8.15. The van der Waals surface area contributed by atoms with Crippen molar-refractivity contribution in [3.05, 3.63) is 131 Å². The van der Waals surface area contributed by atoms with Gasteiger partial charge in [0, 0.05) is 17.5 Å². The Bertz CT molecular complexity index is 1100. The van der Waals surface area contributed by atoms with Crippen LogP contribution < -0.4 is 14.4 Å². The van der Waals surface area contributed by atoms with Crippen LogP contribution in [0.2, 0.25) is 0 Å². The molecule has 168 valence electrons. The molecule has 4 aromatic carbocycles. The average Bonchev–Trinajstić information content (AvgIpc) is 2.88. The first kappa shape index (κ1) is 22.6. The van der Waals surface area contributed by atoms with Gasteiger partial charge in [-0.25, -0.2) is 0 Å². The van der Waals surface area contributed by atoms with Crippen LogP contribution in [0.3, 0.4) is 0 Å². The summed E-state index contributed by atoms with van der Waals surface area (Å²) in [7, 11) is 1.69. The minimum absolute atomic E-state index is 0.523. The summed E-state index contributed by atoms with van der Waals surface area (Å²) >= 11 is 0. The maximum Gasteiger partial charge on any atom is 0.162 e. The van der Waals surface area contributed by atoms with Gasteiger partial charge in [0.1, 0.15) is 19.7 Å². The number of ether oxygens (including phenoxy) is 2. The largest absolute Gasteiger partial charge is 0.493 e. The van der Waals surface area contributed by atoms with E-state index in [2.05, 4.69) is 84.9 Å². The van der Waals surface area contributed by atoms with Crippen molar-refractivity contribution in [1.29, 1.82) is 0 Å². The molecule has 4 aromatic rings. The molecule has 0 spiro atoms. The van der Waals surface area contributed by atoms with Gasteiger partial charge in [-0.1, -0.05) is 91.0 Å². The van der Waals surface area contributed by atoms with Crippen LogP contribution in [-0.4, -0.2) is 13.7 Å². The van der Waals surface area contributed by atoms with Gasteiger partial charge < -0.3 is 14.4 Å². The van der Waals surface area contributed by atoms with E-state index in [1.165, 1.54) is 21.6 Å². The number of quaternary nitrogens is 1. The van der Waals surface area contributed by atoms with Crippen molar-refractivity contribution in [3.8, 4) is 11.5 Å². The third-order valence-corrected chi connectivity index (χ3v) is 5.83. The molecule has 0 radical (unpaired) electrons. The van der Waals surface area contributed by atoms with Gasteiger partial charge in [-0.2, -0.15) is 0 Å². The zero-order valence-electron chi connectivity index (χ0n) is 19.2. The lowest BCUT2D eigenvalue weighted by molar-refractivity contribution is -0.927. The molecule has 3 nitrogen and oxygen atoms in total. The normalized spacial score (nSPS) is 11.7. The Balaban J connectivity index is 1.48. The first-order chi connectivity index (χ1) is 16.3. The van der Waals surface area contributed by atoms with E-state index in [9.17, 15) is 0 Å². The van der Waals surface area contributed by atoms with Crippen LogP contribution in [0.15, 0.2) is 109 Å². The first-order valence-corrected chi connectivity index (χ1v) is 11.6. The number of methoxy groups -OCH3 is 1. The standard InChI is InChI=1S/C30H31NO2/c1-32-29-18-17-28(21-30(29)33-24-27-15-9-4-10-16-27)23-31(22-26-13-7-3-8-14-26)20-19-25-11-5-2-6-12-25/h2-18,21H,19-20,22-24H2,1H3/p+1. The highest BCUT2D eigenvalue weighted by molar-refractivity contribution is 5.43. The molecule has 0 bridgehead atoms. The van der Waals surface area contributed by atoms with E-state index in [1.807, 2.05) is 24.3 Å². The molecule has 33 heavy (non-hydrogen) atoms. The molecule has 3 heteroatoms. The van der Waals surface area contributed by atoms with Crippen molar-refractivity contribution in [2.45, 2.75) is 26.1 Å². The lowest BCUT2D eigenvalue weighted by atomic mass is 10.1. The predicted octanol–water partition coefficient (Wildman–Crippen LogP) is 5.10. The molecule has 0 saturated carbocycles. The molecule has 0 aliphatic carbocycles. The van der Waals surface area contributed by atoms with Crippen LogP contribution in [0.1, 0.15) is 22.3 Å². The summed E-state index contributed by atoms with van der Waals surface area (Å²) in [5.41, 5.74) is 5.13. The van der Waals surface area contributed by atoms with E-state index in [4.69, 9.17) is 9.47 Å². The predicted molar refractivity (Wildman–Crippen MR) is 134 cm³/mol. The second-order valence-electron chi connectivity index (χ2n) is 8.33. The molecule has 0 saturated heterocycles. The molecule has 0 aromatic heterocycles. The number of hydrogen-bond acceptors (Lipinski definition) is 2. The maximum absolute atomic E-state index is 6.15. The maximum atomic E-state index is 6.15. The minimum Gasteiger partial charge on any atom is -0.493 e. The van der Waals surface area contributed by atoms with Crippen molar-refractivity contribution in [1.82, 2.24) is 0 Å². The van der Waals surface area contributed by atoms with Gasteiger partial charge in [0.2, 0.25) is 0 Å². The van der Waals surface area contributed by atoms with Crippen molar-refractivity contribution in [2.24, 2.45) is 0 Å². The summed E-state index contributed by atoms with van der Waals surface area (Å²) in [5, 5.41) is 0. The molecule has 0 heterocycles. The van der Waals surface area contributed by atoms with Gasteiger partial charge in [-0.3, -0.25) is 0 Å². The third kappa shape index (κ3) is 6.96. The monoisotopic (exact) mass is 438 g/mol. The smallest absolute Gasteiger partial charge is 0.162 e.